The molecule has 0 aliphatic carbocycles. The number of esters is 1. The van der Waals surface area contributed by atoms with Crippen molar-refractivity contribution in [3.8, 4) is 0 Å². The summed E-state index contributed by atoms with van der Waals surface area (Å²) in [4.78, 5) is 45.4. The zero-order valence-electron chi connectivity index (χ0n) is 17.9. The highest BCUT2D eigenvalue weighted by Crippen LogP contribution is 2.13. The number of hydrogen-bond donors (Lipinski definition) is 3. The van der Waals surface area contributed by atoms with E-state index in [0.717, 1.165) is 5.56 Å². The molecule has 33 heavy (non-hydrogen) atoms. The van der Waals surface area contributed by atoms with Crippen molar-refractivity contribution in [2.75, 3.05) is 32.8 Å². The largest absolute Gasteiger partial charge is 0.490 e. The average Bonchev–Trinajstić information content (AvgIpc) is 2.77. The van der Waals surface area contributed by atoms with Gasteiger partial charge in [-0.1, -0.05) is 30.3 Å². The van der Waals surface area contributed by atoms with Crippen LogP contribution in [0, 0.1) is 0 Å². The lowest BCUT2D eigenvalue weighted by molar-refractivity contribution is -0.192. The Morgan fingerprint density at radius 2 is 1.82 bits per heavy atom. The quantitative estimate of drug-likeness (QED) is 0.501. The molecular weight excluding hydrogens is 451 g/mol. The van der Waals surface area contributed by atoms with Gasteiger partial charge >= 0.3 is 24.2 Å². The molecule has 0 bridgehead atoms. The highest BCUT2D eigenvalue weighted by Gasteiger charge is 2.38. The summed E-state index contributed by atoms with van der Waals surface area (Å²) < 4.78 is 41.8. The predicted octanol–water partition coefficient (Wildman–Crippen LogP) is 1.30. The number of ether oxygens (including phenoxy) is 2. The van der Waals surface area contributed by atoms with Gasteiger partial charge in [-0.05, 0) is 5.56 Å². The van der Waals surface area contributed by atoms with Crippen molar-refractivity contribution in [2.45, 2.75) is 32.2 Å². The van der Waals surface area contributed by atoms with Crippen LogP contribution in [-0.2, 0) is 30.5 Å². The fraction of sp³-hybridized carbons (Fsp3) is 0.500. The van der Waals surface area contributed by atoms with Gasteiger partial charge in [0.1, 0.15) is 13.2 Å². The number of alkyl carbamates (subject to hydrolysis) is 1. The zero-order chi connectivity index (χ0) is 24.9. The monoisotopic (exact) mass is 477 g/mol. The van der Waals surface area contributed by atoms with Gasteiger partial charge in [0.05, 0.1) is 6.04 Å². The topological polar surface area (TPSA) is 134 Å². The molecule has 1 aromatic carbocycles. The molecule has 1 aliphatic rings. The molecule has 10 nitrogen and oxygen atoms in total. The molecule has 1 heterocycles. The maximum Gasteiger partial charge on any atom is 0.490 e. The van der Waals surface area contributed by atoms with Crippen molar-refractivity contribution in [3.63, 3.8) is 0 Å². The van der Waals surface area contributed by atoms with E-state index in [9.17, 15) is 27.6 Å². The average molecular weight is 477 g/mol. The number of carbonyl (C=O) groups excluding carboxylic acids is 3. The number of carbonyl (C=O) groups is 4. The molecule has 13 heteroatoms. The summed E-state index contributed by atoms with van der Waals surface area (Å²) in [7, 11) is 0. The Morgan fingerprint density at radius 1 is 1.18 bits per heavy atom. The van der Waals surface area contributed by atoms with Crippen LogP contribution >= 0.6 is 0 Å². The summed E-state index contributed by atoms with van der Waals surface area (Å²) in [5, 5.41) is 12.9. The van der Waals surface area contributed by atoms with Crippen LogP contribution < -0.4 is 10.6 Å². The molecule has 2 rings (SSSR count). The lowest BCUT2D eigenvalue weighted by Crippen LogP contribution is -2.54. The maximum absolute atomic E-state index is 12.2. The van der Waals surface area contributed by atoms with E-state index in [4.69, 9.17) is 19.4 Å². The van der Waals surface area contributed by atoms with Crippen LogP contribution in [0.1, 0.15) is 18.9 Å². The molecule has 1 aliphatic heterocycles. The third kappa shape index (κ3) is 12.3. The lowest BCUT2D eigenvalue weighted by atomic mass is 10.2. The van der Waals surface area contributed by atoms with Crippen LogP contribution in [0.3, 0.4) is 0 Å². The highest BCUT2D eigenvalue weighted by molar-refractivity contribution is 5.77. The van der Waals surface area contributed by atoms with Crippen LogP contribution in [0.4, 0.5) is 18.0 Å². The number of carboxylic acid groups (broad SMARTS) is 1. The number of aliphatic carboxylic acids is 1. The Balaban J connectivity index is 0.000000675. The van der Waals surface area contributed by atoms with Gasteiger partial charge in [0, 0.05) is 39.5 Å². The first-order chi connectivity index (χ1) is 15.5. The van der Waals surface area contributed by atoms with E-state index in [1.165, 1.54) is 6.92 Å². The van der Waals surface area contributed by atoms with Crippen molar-refractivity contribution in [1.82, 2.24) is 15.5 Å². The Hall–Kier alpha value is -3.35. The zero-order valence-corrected chi connectivity index (χ0v) is 17.9. The van der Waals surface area contributed by atoms with E-state index in [2.05, 4.69) is 10.6 Å². The standard InChI is InChI=1S/C18H25N3O5.C2HF3O2/c1-14(22)25-13-16-11-21(10-9-19-16)17(23)7-8-20-18(24)26-12-15-5-3-2-4-6-15;3-2(4,5)1(6)7/h2-6,16,19H,7-13H2,1H3,(H,20,24);(H,6,7). The first-order valence-corrected chi connectivity index (χ1v) is 9.88. The van der Waals surface area contributed by atoms with Crippen molar-refractivity contribution in [1.29, 1.82) is 0 Å². The molecule has 2 amide bonds. The summed E-state index contributed by atoms with van der Waals surface area (Å²) in [5.41, 5.74) is 0.901. The van der Waals surface area contributed by atoms with Crippen LogP contribution in [0.2, 0.25) is 0 Å². The fourth-order valence-corrected chi connectivity index (χ4v) is 2.59. The number of benzene rings is 1. The molecule has 1 unspecified atom stereocenters. The second-order valence-electron chi connectivity index (χ2n) is 6.83. The predicted molar refractivity (Wildman–Crippen MR) is 108 cm³/mol. The molecule has 184 valence electrons. The number of alkyl halides is 3. The molecule has 0 aromatic heterocycles. The van der Waals surface area contributed by atoms with E-state index in [-0.39, 0.29) is 44.1 Å². The number of rotatable bonds is 7. The van der Waals surface area contributed by atoms with Crippen molar-refractivity contribution < 1.29 is 46.9 Å². The van der Waals surface area contributed by atoms with Gasteiger partial charge < -0.3 is 30.1 Å². The van der Waals surface area contributed by atoms with E-state index in [1.54, 1.807) is 4.90 Å². The van der Waals surface area contributed by atoms with Crippen LogP contribution in [0.15, 0.2) is 30.3 Å². The number of nitrogens with zero attached hydrogens (tertiary/aromatic N) is 1. The molecule has 0 radical (unpaired) electrons. The van der Waals surface area contributed by atoms with Gasteiger partial charge in [-0.25, -0.2) is 9.59 Å². The first-order valence-electron chi connectivity index (χ1n) is 9.88. The molecule has 0 saturated carbocycles. The number of carboxylic acids is 1. The molecule has 1 atom stereocenters. The van der Waals surface area contributed by atoms with Crippen LogP contribution in [0.5, 0.6) is 0 Å². The van der Waals surface area contributed by atoms with E-state index in [1.807, 2.05) is 30.3 Å². The fourth-order valence-electron chi connectivity index (χ4n) is 2.59. The number of amides is 2. The van der Waals surface area contributed by atoms with E-state index >= 15 is 0 Å². The number of halogens is 3. The first kappa shape index (κ1) is 27.7. The second kappa shape index (κ2) is 13.9. The Labute approximate surface area is 188 Å². The van der Waals surface area contributed by atoms with Crippen LogP contribution in [0.25, 0.3) is 0 Å². The van der Waals surface area contributed by atoms with Gasteiger partial charge in [-0.3, -0.25) is 9.59 Å². The van der Waals surface area contributed by atoms with Gasteiger partial charge in [0.15, 0.2) is 0 Å². The van der Waals surface area contributed by atoms with Crippen molar-refractivity contribution >= 4 is 23.9 Å². The number of piperazine rings is 1. The van der Waals surface area contributed by atoms with Gasteiger partial charge in [-0.15, -0.1) is 0 Å². The SMILES string of the molecule is CC(=O)OCC1CN(C(=O)CCNC(=O)OCc2ccccc2)CCN1.O=C(O)C(F)(F)F. The van der Waals surface area contributed by atoms with Crippen molar-refractivity contribution in [2.24, 2.45) is 0 Å². The highest BCUT2D eigenvalue weighted by atomic mass is 19.4. The minimum Gasteiger partial charge on any atom is -0.475 e. The third-order valence-corrected chi connectivity index (χ3v) is 4.16. The van der Waals surface area contributed by atoms with Crippen molar-refractivity contribution in [3.05, 3.63) is 35.9 Å². The molecule has 1 fully saturated rings. The van der Waals surface area contributed by atoms with Crippen LogP contribution in [-0.4, -0.2) is 78.9 Å². The molecule has 1 saturated heterocycles. The minimum absolute atomic E-state index is 0.0531. The normalized spacial score (nSPS) is 15.5. The summed E-state index contributed by atoms with van der Waals surface area (Å²) in [6, 6.07) is 9.30. The minimum atomic E-state index is -5.08. The van der Waals surface area contributed by atoms with Gasteiger partial charge in [0.25, 0.3) is 0 Å². The number of nitrogens with one attached hydrogen (secondary N) is 2. The second-order valence-corrected chi connectivity index (χ2v) is 6.83. The third-order valence-electron chi connectivity index (χ3n) is 4.16. The smallest absolute Gasteiger partial charge is 0.475 e. The summed E-state index contributed by atoms with van der Waals surface area (Å²) >= 11 is 0. The Kier molecular flexibility index (Phi) is 11.7. The summed E-state index contributed by atoms with van der Waals surface area (Å²) in [6.45, 7) is 3.71. The summed E-state index contributed by atoms with van der Waals surface area (Å²) in [5.74, 6) is -3.15. The summed E-state index contributed by atoms with van der Waals surface area (Å²) in [6.07, 6.45) is -5.43. The Bertz CT molecular complexity index is 791. The van der Waals surface area contributed by atoms with Gasteiger partial charge in [0.2, 0.25) is 5.91 Å². The van der Waals surface area contributed by atoms with E-state index < -0.39 is 18.2 Å². The van der Waals surface area contributed by atoms with E-state index in [0.29, 0.717) is 19.6 Å². The maximum atomic E-state index is 12.2. The lowest BCUT2D eigenvalue weighted by Gasteiger charge is -2.33. The molecular formula is C20H26F3N3O7. The molecule has 3 N–H and O–H groups in total. The molecule has 0 spiro atoms. The molecule has 1 aromatic rings. The Morgan fingerprint density at radius 3 is 2.39 bits per heavy atom. The van der Waals surface area contributed by atoms with Gasteiger partial charge in [-0.2, -0.15) is 13.2 Å². The number of hydrogen-bond acceptors (Lipinski definition) is 7.